The molecule has 5 nitrogen and oxygen atoms in total. The highest BCUT2D eigenvalue weighted by molar-refractivity contribution is 5.80. The van der Waals surface area contributed by atoms with Crippen molar-refractivity contribution < 1.29 is 9.90 Å². The van der Waals surface area contributed by atoms with Crippen LogP contribution in [0.3, 0.4) is 0 Å². The number of piperidine rings is 1. The van der Waals surface area contributed by atoms with E-state index < -0.39 is 6.09 Å². The third-order valence-electron chi connectivity index (χ3n) is 3.72. The van der Waals surface area contributed by atoms with Crippen LogP contribution in [0.5, 0.6) is 0 Å². The average Bonchev–Trinajstić information content (AvgIpc) is 2.48. The molecule has 2 N–H and O–H groups in total. The van der Waals surface area contributed by atoms with Crippen molar-refractivity contribution in [3.8, 4) is 0 Å². The number of benzene rings is 1. The lowest BCUT2D eigenvalue weighted by atomic mass is 10.1. The van der Waals surface area contributed by atoms with Crippen molar-refractivity contribution >= 4 is 22.8 Å². The second kappa shape index (κ2) is 5.36. The van der Waals surface area contributed by atoms with Gasteiger partial charge in [0.2, 0.25) is 0 Å². The molecule has 0 aliphatic carbocycles. The number of aromatic nitrogens is 1. The molecule has 1 aromatic carbocycles. The highest BCUT2D eigenvalue weighted by Gasteiger charge is 2.22. The summed E-state index contributed by atoms with van der Waals surface area (Å²) in [6.45, 7) is 1.17. The van der Waals surface area contributed by atoms with E-state index in [0.29, 0.717) is 19.1 Å². The fourth-order valence-electron chi connectivity index (χ4n) is 2.57. The van der Waals surface area contributed by atoms with Crippen molar-refractivity contribution in [2.24, 2.45) is 0 Å². The molecule has 104 valence electrons. The monoisotopic (exact) mass is 271 g/mol. The van der Waals surface area contributed by atoms with Crippen molar-refractivity contribution in [2.45, 2.75) is 18.9 Å². The molecular formula is C15H17N3O2. The van der Waals surface area contributed by atoms with Gasteiger partial charge in [0.05, 0.1) is 5.52 Å². The molecule has 1 amide bonds. The Labute approximate surface area is 117 Å². The number of hydrogen-bond donors (Lipinski definition) is 2. The molecule has 20 heavy (non-hydrogen) atoms. The summed E-state index contributed by atoms with van der Waals surface area (Å²) in [6, 6.07) is 12.3. The average molecular weight is 271 g/mol. The molecule has 1 aromatic heterocycles. The van der Waals surface area contributed by atoms with Gasteiger partial charge in [-0.05, 0) is 31.0 Å². The van der Waals surface area contributed by atoms with Crippen LogP contribution in [-0.2, 0) is 0 Å². The van der Waals surface area contributed by atoms with E-state index in [0.717, 1.165) is 29.6 Å². The van der Waals surface area contributed by atoms with Crippen LogP contribution in [0.15, 0.2) is 36.4 Å². The van der Waals surface area contributed by atoms with Gasteiger partial charge in [0.15, 0.2) is 0 Å². The Kier molecular flexibility index (Phi) is 3.41. The molecule has 5 heteroatoms. The second-order valence-electron chi connectivity index (χ2n) is 5.08. The van der Waals surface area contributed by atoms with E-state index in [1.54, 1.807) is 0 Å². The Morgan fingerprint density at radius 2 is 1.95 bits per heavy atom. The van der Waals surface area contributed by atoms with Gasteiger partial charge in [-0.1, -0.05) is 18.2 Å². The van der Waals surface area contributed by atoms with Gasteiger partial charge < -0.3 is 15.3 Å². The molecule has 0 spiro atoms. The van der Waals surface area contributed by atoms with Gasteiger partial charge in [-0.2, -0.15) is 0 Å². The normalized spacial score (nSPS) is 16.3. The molecule has 1 saturated heterocycles. The number of carbonyl (C=O) groups is 1. The number of nitrogens with one attached hydrogen (secondary N) is 1. The Morgan fingerprint density at radius 1 is 1.20 bits per heavy atom. The number of pyridine rings is 1. The summed E-state index contributed by atoms with van der Waals surface area (Å²) >= 11 is 0. The van der Waals surface area contributed by atoms with Gasteiger partial charge >= 0.3 is 6.09 Å². The number of anilines is 1. The Bertz CT molecular complexity index is 621. The van der Waals surface area contributed by atoms with Crippen molar-refractivity contribution in [3.05, 3.63) is 36.4 Å². The zero-order chi connectivity index (χ0) is 13.9. The highest BCUT2D eigenvalue weighted by Crippen LogP contribution is 2.18. The van der Waals surface area contributed by atoms with Crippen LogP contribution in [0.4, 0.5) is 10.6 Å². The first-order valence-corrected chi connectivity index (χ1v) is 6.82. The molecule has 0 atom stereocenters. The standard InChI is InChI=1S/C15H17N3O2/c19-15(20)18-9-7-12(8-10-18)16-14-6-5-11-3-1-2-4-13(11)17-14/h1-6,12H,7-10H2,(H,16,17)(H,19,20). The van der Waals surface area contributed by atoms with E-state index >= 15 is 0 Å². The summed E-state index contributed by atoms with van der Waals surface area (Å²) < 4.78 is 0. The van der Waals surface area contributed by atoms with Gasteiger partial charge in [-0.25, -0.2) is 9.78 Å². The SMILES string of the molecule is O=C(O)N1CCC(Nc2ccc3ccccc3n2)CC1. The summed E-state index contributed by atoms with van der Waals surface area (Å²) in [4.78, 5) is 16.9. The summed E-state index contributed by atoms with van der Waals surface area (Å²) in [5.41, 5.74) is 0.973. The first-order chi connectivity index (χ1) is 9.72. The molecule has 1 fully saturated rings. The van der Waals surface area contributed by atoms with Crippen LogP contribution in [0.25, 0.3) is 10.9 Å². The summed E-state index contributed by atoms with van der Waals surface area (Å²) in [5.74, 6) is 0.859. The van der Waals surface area contributed by atoms with E-state index in [-0.39, 0.29) is 0 Å². The highest BCUT2D eigenvalue weighted by atomic mass is 16.4. The minimum Gasteiger partial charge on any atom is -0.465 e. The van der Waals surface area contributed by atoms with Gasteiger partial charge in [0.25, 0.3) is 0 Å². The van der Waals surface area contributed by atoms with Crippen molar-refractivity contribution in [1.29, 1.82) is 0 Å². The van der Waals surface area contributed by atoms with Crippen LogP contribution in [0, 0.1) is 0 Å². The second-order valence-corrected chi connectivity index (χ2v) is 5.08. The topological polar surface area (TPSA) is 65.5 Å². The lowest BCUT2D eigenvalue weighted by Gasteiger charge is -2.30. The molecule has 0 unspecified atom stereocenters. The predicted octanol–water partition coefficient (Wildman–Crippen LogP) is 2.79. The molecule has 1 aliphatic heterocycles. The van der Waals surface area contributed by atoms with Gasteiger partial charge in [0, 0.05) is 24.5 Å². The number of carboxylic acid groups (broad SMARTS) is 1. The maximum Gasteiger partial charge on any atom is 0.407 e. The predicted molar refractivity (Wildman–Crippen MR) is 78.0 cm³/mol. The van der Waals surface area contributed by atoms with Crippen LogP contribution in [-0.4, -0.2) is 40.2 Å². The number of fused-ring (bicyclic) bond motifs is 1. The maximum absolute atomic E-state index is 10.9. The van der Waals surface area contributed by atoms with E-state index in [1.165, 1.54) is 4.90 Å². The van der Waals surface area contributed by atoms with Crippen LogP contribution < -0.4 is 5.32 Å². The molecule has 1 aliphatic rings. The third kappa shape index (κ3) is 2.66. The molecule has 0 radical (unpaired) electrons. The van der Waals surface area contributed by atoms with Gasteiger partial charge in [-0.15, -0.1) is 0 Å². The molecular weight excluding hydrogens is 254 g/mol. The van der Waals surface area contributed by atoms with E-state index in [1.807, 2.05) is 30.3 Å². The van der Waals surface area contributed by atoms with E-state index in [2.05, 4.69) is 16.4 Å². The van der Waals surface area contributed by atoms with Gasteiger partial charge in [-0.3, -0.25) is 0 Å². The number of likely N-dealkylation sites (tertiary alicyclic amines) is 1. The Hall–Kier alpha value is -2.30. The van der Waals surface area contributed by atoms with E-state index in [4.69, 9.17) is 5.11 Å². The fourth-order valence-corrected chi connectivity index (χ4v) is 2.57. The quantitative estimate of drug-likeness (QED) is 0.881. The first-order valence-electron chi connectivity index (χ1n) is 6.82. The number of nitrogens with zero attached hydrogens (tertiary/aromatic N) is 2. The summed E-state index contributed by atoms with van der Waals surface area (Å²) in [5, 5.41) is 13.5. The van der Waals surface area contributed by atoms with Crippen molar-refractivity contribution in [1.82, 2.24) is 9.88 Å². The first kappa shape index (κ1) is 12.7. The fraction of sp³-hybridized carbons (Fsp3) is 0.333. The minimum atomic E-state index is -0.827. The van der Waals surface area contributed by atoms with Gasteiger partial charge in [0.1, 0.15) is 5.82 Å². The van der Waals surface area contributed by atoms with Crippen molar-refractivity contribution in [2.75, 3.05) is 18.4 Å². The summed E-state index contributed by atoms with van der Waals surface area (Å²) in [7, 11) is 0. The molecule has 3 rings (SSSR count). The zero-order valence-electron chi connectivity index (χ0n) is 11.1. The number of hydrogen-bond acceptors (Lipinski definition) is 3. The summed E-state index contributed by atoms with van der Waals surface area (Å²) in [6.07, 6.45) is 0.814. The number of rotatable bonds is 2. The van der Waals surface area contributed by atoms with E-state index in [9.17, 15) is 4.79 Å². The minimum absolute atomic E-state index is 0.291. The molecule has 0 saturated carbocycles. The molecule has 0 bridgehead atoms. The van der Waals surface area contributed by atoms with Crippen LogP contribution >= 0.6 is 0 Å². The molecule has 2 aromatic rings. The lowest BCUT2D eigenvalue weighted by molar-refractivity contribution is 0.134. The van der Waals surface area contributed by atoms with Crippen LogP contribution in [0.1, 0.15) is 12.8 Å². The number of amides is 1. The zero-order valence-corrected chi connectivity index (χ0v) is 11.1. The van der Waals surface area contributed by atoms with Crippen molar-refractivity contribution in [3.63, 3.8) is 0 Å². The smallest absolute Gasteiger partial charge is 0.407 e. The van der Waals surface area contributed by atoms with Crippen LogP contribution in [0.2, 0.25) is 0 Å². The molecule has 2 heterocycles. The number of para-hydroxylation sites is 1. The third-order valence-corrected chi connectivity index (χ3v) is 3.72. The Morgan fingerprint density at radius 3 is 2.70 bits per heavy atom. The lowest BCUT2D eigenvalue weighted by Crippen LogP contribution is -2.41. The largest absolute Gasteiger partial charge is 0.465 e. The Balaban J connectivity index is 1.66. The maximum atomic E-state index is 10.9.